The average Bonchev–Trinajstić information content (AvgIpc) is 2.77. The summed E-state index contributed by atoms with van der Waals surface area (Å²) < 4.78 is 11.5. The Balaban J connectivity index is 0.00000124. The van der Waals surface area contributed by atoms with Gasteiger partial charge in [-0.2, -0.15) is 0 Å². The van der Waals surface area contributed by atoms with Crippen molar-refractivity contribution in [3.63, 3.8) is 0 Å². The Morgan fingerprint density at radius 1 is 1.07 bits per heavy atom. The highest BCUT2D eigenvalue weighted by atomic mass is 35.5. The highest BCUT2D eigenvalue weighted by Crippen LogP contribution is 2.32. The van der Waals surface area contributed by atoms with Crippen molar-refractivity contribution in [1.29, 1.82) is 0 Å². The number of rotatable bonds is 5. The number of aryl methyl sites for hydroxylation is 1. The van der Waals surface area contributed by atoms with Gasteiger partial charge in [0.2, 0.25) is 0 Å². The summed E-state index contributed by atoms with van der Waals surface area (Å²) in [6, 6.07) is 12.0. The predicted octanol–water partition coefficient (Wildman–Crippen LogP) is 6.11. The normalized spacial score (nSPS) is 14.0. The van der Waals surface area contributed by atoms with Crippen molar-refractivity contribution < 1.29 is 9.47 Å². The summed E-state index contributed by atoms with van der Waals surface area (Å²) in [6.07, 6.45) is 4.23. The van der Waals surface area contributed by atoms with Crippen molar-refractivity contribution in [3.05, 3.63) is 53.2 Å². The standard InChI is InChI=1S/C22H24ClN3O2.C2H6/c1-14-9-19(23)21(27-2)12-20(14)26-22-11-16-10-18(4-3-15(16)13-25-22)28-17-5-7-24-8-6-17;1-2/h3-4,9-13,17,24H,5-8H2,1-2H3,(H,25,26);1-2H3. The topological polar surface area (TPSA) is 55.4 Å². The van der Waals surface area contributed by atoms with Crippen LogP contribution in [0.15, 0.2) is 42.6 Å². The van der Waals surface area contributed by atoms with Crippen LogP contribution in [0.1, 0.15) is 32.3 Å². The van der Waals surface area contributed by atoms with E-state index in [1.165, 1.54) is 0 Å². The van der Waals surface area contributed by atoms with Crippen molar-refractivity contribution >= 4 is 33.9 Å². The van der Waals surface area contributed by atoms with Crippen molar-refractivity contribution in [1.82, 2.24) is 10.3 Å². The average molecular weight is 428 g/mol. The number of methoxy groups -OCH3 is 1. The lowest BCUT2D eigenvalue weighted by Gasteiger charge is -2.24. The van der Waals surface area contributed by atoms with E-state index in [2.05, 4.69) is 27.8 Å². The molecule has 1 aliphatic heterocycles. The smallest absolute Gasteiger partial charge is 0.139 e. The van der Waals surface area contributed by atoms with Crippen LogP contribution in [-0.2, 0) is 0 Å². The molecule has 2 heterocycles. The molecule has 1 aliphatic rings. The van der Waals surface area contributed by atoms with Crippen LogP contribution < -0.4 is 20.1 Å². The molecule has 0 atom stereocenters. The van der Waals surface area contributed by atoms with Crippen LogP contribution in [0.25, 0.3) is 10.8 Å². The summed E-state index contributed by atoms with van der Waals surface area (Å²) >= 11 is 6.19. The van der Waals surface area contributed by atoms with Gasteiger partial charge in [-0.15, -0.1) is 0 Å². The SMILES string of the molecule is CC.COc1cc(Nc2cc3cc(OC4CCNCC4)ccc3cn2)c(C)cc1Cl. The maximum absolute atomic E-state index is 6.19. The summed E-state index contributed by atoms with van der Waals surface area (Å²) in [5.41, 5.74) is 1.94. The highest BCUT2D eigenvalue weighted by molar-refractivity contribution is 6.32. The number of nitrogens with one attached hydrogen (secondary N) is 2. The second-order valence-electron chi connectivity index (χ2n) is 7.07. The van der Waals surface area contributed by atoms with E-state index in [1.807, 2.05) is 51.2 Å². The molecule has 1 saturated heterocycles. The Bertz CT molecular complexity index is 988. The van der Waals surface area contributed by atoms with E-state index in [0.717, 1.165) is 59.5 Å². The number of halogens is 1. The fourth-order valence-corrected chi connectivity index (χ4v) is 3.74. The molecule has 4 rings (SSSR count). The number of nitrogens with zero attached hydrogens (tertiary/aromatic N) is 1. The molecule has 0 bridgehead atoms. The lowest BCUT2D eigenvalue weighted by Crippen LogP contribution is -2.34. The predicted molar refractivity (Wildman–Crippen MR) is 126 cm³/mol. The Morgan fingerprint density at radius 3 is 2.57 bits per heavy atom. The van der Waals surface area contributed by atoms with E-state index in [4.69, 9.17) is 21.1 Å². The van der Waals surface area contributed by atoms with Gasteiger partial charge in [0.1, 0.15) is 23.4 Å². The third-order valence-corrected chi connectivity index (χ3v) is 5.34. The van der Waals surface area contributed by atoms with Crippen LogP contribution in [-0.4, -0.2) is 31.3 Å². The molecule has 6 heteroatoms. The third-order valence-electron chi connectivity index (χ3n) is 5.04. The minimum atomic E-state index is 0.280. The number of hydrogen-bond acceptors (Lipinski definition) is 5. The molecular weight excluding hydrogens is 398 g/mol. The van der Waals surface area contributed by atoms with Gasteiger partial charge in [0.15, 0.2) is 0 Å². The number of anilines is 2. The van der Waals surface area contributed by atoms with Gasteiger partial charge in [-0.3, -0.25) is 0 Å². The molecule has 2 N–H and O–H groups in total. The monoisotopic (exact) mass is 427 g/mol. The van der Waals surface area contributed by atoms with Crippen molar-refractivity contribution in [2.24, 2.45) is 0 Å². The van der Waals surface area contributed by atoms with Crippen LogP contribution in [0.5, 0.6) is 11.5 Å². The second-order valence-corrected chi connectivity index (χ2v) is 7.48. The molecule has 0 amide bonds. The number of piperidine rings is 1. The van der Waals surface area contributed by atoms with Gasteiger partial charge in [-0.1, -0.05) is 25.4 Å². The van der Waals surface area contributed by atoms with Crippen LogP contribution in [0.2, 0.25) is 5.02 Å². The van der Waals surface area contributed by atoms with Gasteiger partial charge < -0.3 is 20.1 Å². The van der Waals surface area contributed by atoms with Crippen LogP contribution in [0, 0.1) is 6.92 Å². The first-order valence-electron chi connectivity index (χ1n) is 10.5. The zero-order valence-corrected chi connectivity index (χ0v) is 18.8. The summed E-state index contributed by atoms with van der Waals surface area (Å²) in [5.74, 6) is 2.30. The van der Waals surface area contributed by atoms with Crippen LogP contribution >= 0.6 is 11.6 Å². The van der Waals surface area contributed by atoms with E-state index in [9.17, 15) is 0 Å². The highest BCUT2D eigenvalue weighted by Gasteiger charge is 2.14. The molecule has 3 aromatic rings. The Hall–Kier alpha value is -2.50. The minimum absolute atomic E-state index is 0.280. The first kappa shape index (κ1) is 22.2. The molecule has 0 aliphatic carbocycles. The van der Waals surface area contributed by atoms with Gasteiger partial charge in [0.25, 0.3) is 0 Å². The van der Waals surface area contributed by atoms with Crippen LogP contribution in [0.3, 0.4) is 0 Å². The summed E-state index contributed by atoms with van der Waals surface area (Å²) in [4.78, 5) is 4.53. The molecule has 160 valence electrons. The van der Waals surface area contributed by atoms with E-state index in [0.29, 0.717) is 10.8 Å². The van der Waals surface area contributed by atoms with Gasteiger partial charge in [0, 0.05) is 23.3 Å². The van der Waals surface area contributed by atoms with Crippen molar-refractivity contribution in [3.8, 4) is 11.5 Å². The zero-order chi connectivity index (χ0) is 21.5. The van der Waals surface area contributed by atoms with E-state index < -0.39 is 0 Å². The molecule has 30 heavy (non-hydrogen) atoms. The molecule has 1 aromatic heterocycles. The number of hydrogen-bond donors (Lipinski definition) is 2. The van der Waals surface area contributed by atoms with Gasteiger partial charge >= 0.3 is 0 Å². The first-order chi connectivity index (χ1) is 14.6. The lowest BCUT2D eigenvalue weighted by molar-refractivity contribution is 0.162. The Morgan fingerprint density at radius 2 is 1.83 bits per heavy atom. The van der Waals surface area contributed by atoms with E-state index >= 15 is 0 Å². The summed E-state index contributed by atoms with van der Waals surface area (Å²) in [5, 5.41) is 9.49. The number of ether oxygens (including phenoxy) is 2. The molecule has 0 saturated carbocycles. The Labute approximate surface area is 183 Å². The van der Waals surface area contributed by atoms with Gasteiger partial charge in [0.05, 0.1) is 12.1 Å². The maximum atomic E-state index is 6.19. The number of fused-ring (bicyclic) bond motifs is 1. The maximum Gasteiger partial charge on any atom is 0.139 e. The summed E-state index contributed by atoms with van der Waals surface area (Å²) in [6.45, 7) is 8.03. The van der Waals surface area contributed by atoms with Crippen molar-refractivity contribution in [2.75, 3.05) is 25.5 Å². The second kappa shape index (κ2) is 10.5. The van der Waals surface area contributed by atoms with Crippen molar-refractivity contribution in [2.45, 2.75) is 39.7 Å². The number of aromatic nitrogens is 1. The third kappa shape index (κ3) is 5.35. The Kier molecular flexibility index (Phi) is 7.77. The molecular formula is C24H30ClN3O2. The minimum Gasteiger partial charge on any atom is -0.495 e. The first-order valence-corrected chi connectivity index (χ1v) is 10.9. The molecule has 0 unspecified atom stereocenters. The molecule has 5 nitrogen and oxygen atoms in total. The van der Waals surface area contributed by atoms with Crippen LogP contribution in [0.4, 0.5) is 11.5 Å². The lowest BCUT2D eigenvalue weighted by atomic mass is 10.1. The molecule has 0 radical (unpaired) electrons. The molecule has 1 fully saturated rings. The van der Waals surface area contributed by atoms with E-state index in [1.54, 1.807) is 7.11 Å². The fraction of sp³-hybridized carbons (Fsp3) is 0.375. The van der Waals surface area contributed by atoms with Gasteiger partial charge in [-0.25, -0.2) is 4.98 Å². The van der Waals surface area contributed by atoms with Gasteiger partial charge in [-0.05, 0) is 74.1 Å². The van der Waals surface area contributed by atoms with E-state index in [-0.39, 0.29) is 6.10 Å². The largest absolute Gasteiger partial charge is 0.495 e. The fourth-order valence-electron chi connectivity index (χ4n) is 3.45. The number of benzene rings is 2. The molecule has 0 spiro atoms. The quantitative estimate of drug-likeness (QED) is 0.514. The zero-order valence-electron chi connectivity index (χ0n) is 18.1. The summed E-state index contributed by atoms with van der Waals surface area (Å²) in [7, 11) is 1.61. The number of pyridine rings is 1. The molecule has 2 aromatic carbocycles.